The second-order valence-corrected chi connectivity index (χ2v) is 5.26. The smallest absolute Gasteiger partial charge is 0.105 e. The molecule has 2 aromatic rings. The van der Waals surface area contributed by atoms with Crippen LogP contribution in [-0.4, -0.2) is 28.7 Å². The highest BCUT2D eigenvalue weighted by Gasteiger charge is 2.24. The van der Waals surface area contributed by atoms with Crippen molar-refractivity contribution in [2.45, 2.75) is 25.5 Å². The zero-order valence-corrected chi connectivity index (χ0v) is 11.6. The van der Waals surface area contributed by atoms with E-state index < -0.39 is 0 Å². The van der Waals surface area contributed by atoms with Gasteiger partial charge in [-0.3, -0.25) is 9.97 Å². The van der Waals surface area contributed by atoms with Crippen molar-refractivity contribution in [1.29, 1.82) is 0 Å². The molecule has 0 spiro atoms. The Bertz CT molecular complexity index is 575. The SMILES string of the molecule is CC1OCCC1Nc1ccc2nccnc2c1Br. The van der Waals surface area contributed by atoms with Gasteiger partial charge in [0.1, 0.15) is 5.52 Å². The first-order valence-electron chi connectivity index (χ1n) is 6.03. The largest absolute Gasteiger partial charge is 0.379 e. The molecule has 5 heteroatoms. The first kappa shape index (κ1) is 11.9. The molecule has 2 unspecified atom stereocenters. The quantitative estimate of drug-likeness (QED) is 0.926. The molecule has 2 heterocycles. The van der Waals surface area contributed by atoms with E-state index in [2.05, 4.69) is 38.1 Å². The molecule has 0 amide bonds. The van der Waals surface area contributed by atoms with Gasteiger partial charge in [0, 0.05) is 19.0 Å². The lowest BCUT2D eigenvalue weighted by Crippen LogP contribution is -2.26. The topological polar surface area (TPSA) is 47.0 Å². The van der Waals surface area contributed by atoms with Crippen molar-refractivity contribution in [3.63, 3.8) is 0 Å². The van der Waals surface area contributed by atoms with Crippen LogP contribution in [-0.2, 0) is 4.74 Å². The summed E-state index contributed by atoms with van der Waals surface area (Å²) in [4.78, 5) is 8.64. The highest BCUT2D eigenvalue weighted by molar-refractivity contribution is 9.10. The van der Waals surface area contributed by atoms with Gasteiger partial charge in [-0.1, -0.05) is 0 Å². The fraction of sp³-hybridized carbons (Fsp3) is 0.385. The number of hydrogen-bond acceptors (Lipinski definition) is 4. The number of ether oxygens (including phenoxy) is 1. The minimum absolute atomic E-state index is 0.245. The van der Waals surface area contributed by atoms with Gasteiger partial charge in [0.15, 0.2) is 0 Å². The molecule has 0 bridgehead atoms. The maximum absolute atomic E-state index is 5.56. The molecular formula is C13H14BrN3O. The number of hydrogen-bond donors (Lipinski definition) is 1. The van der Waals surface area contributed by atoms with Crippen LogP contribution in [0.3, 0.4) is 0 Å². The molecule has 3 rings (SSSR count). The van der Waals surface area contributed by atoms with Gasteiger partial charge in [0.05, 0.1) is 27.8 Å². The molecular weight excluding hydrogens is 294 g/mol. The summed E-state index contributed by atoms with van der Waals surface area (Å²) in [6.45, 7) is 2.92. The molecule has 1 aromatic heterocycles. The van der Waals surface area contributed by atoms with Crippen LogP contribution in [0.25, 0.3) is 11.0 Å². The minimum atomic E-state index is 0.245. The molecule has 1 fully saturated rings. The van der Waals surface area contributed by atoms with Crippen LogP contribution < -0.4 is 5.32 Å². The second-order valence-electron chi connectivity index (χ2n) is 4.47. The Kier molecular flexibility index (Phi) is 3.18. The van der Waals surface area contributed by atoms with Crippen LogP contribution in [0.4, 0.5) is 5.69 Å². The molecule has 1 aromatic carbocycles. The average Bonchev–Trinajstić information content (AvgIpc) is 2.79. The monoisotopic (exact) mass is 307 g/mol. The summed E-state index contributed by atoms with van der Waals surface area (Å²) < 4.78 is 6.52. The Hall–Kier alpha value is -1.20. The normalized spacial score (nSPS) is 23.4. The first-order valence-corrected chi connectivity index (χ1v) is 6.82. The Morgan fingerprint density at radius 1 is 1.33 bits per heavy atom. The maximum atomic E-state index is 5.56. The van der Waals surface area contributed by atoms with Crippen LogP contribution >= 0.6 is 15.9 Å². The van der Waals surface area contributed by atoms with E-state index in [-0.39, 0.29) is 6.10 Å². The van der Waals surface area contributed by atoms with Crippen LogP contribution in [0, 0.1) is 0 Å². The van der Waals surface area contributed by atoms with Crippen LogP contribution in [0.15, 0.2) is 29.0 Å². The summed E-state index contributed by atoms with van der Waals surface area (Å²) in [6, 6.07) is 4.37. The van der Waals surface area contributed by atoms with E-state index in [9.17, 15) is 0 Å². The third-order valence-electron chi connectivity index (χ3n) is 3.30. The number of nitrogens with one attached hydrogen (secondary N) is 1. The van der Waals surface area contributed by atoms with E-state index in [4.69, 9.17) is 4.74 Å². The molecule has 0 radical (unpaired) electrons. The summed E-state index contributed by atoms with van der Waals surface area (Å²) in [5, 5.41) is 3.51. The summed E-state index contributed by atoms with van der Waals surface area (Å²) in [5.41, 5.74) is 2.82. The zero-order valence-electron chi connectivity index (χ0n) is 10.1. The van der Waals surface area contributed by atoms with E-state index in [1.807, 2.05) is 12.1 Å². The Balaban J connectivity index is 1.95. The van der Waals surface area contributed by atoms with E-state index in [0.29, 0.717) is 6.04 Å². The number of anilines is 1. The van der Waals surface area contributed by atoms with Gasteiger partial charge in [-0.05, 0) is 41.4 Å². The van der Waals surface area contributed by atoms with Crippen LogP contribution in [0.2, 0.25) is 0 Å². The maximum Gasteiger partial charge on any atom is 0.105 e. The molecule has 0 saturated carbocycles. The molecule has 1 aliphatic heterocycles. The lowest BCUT2D eigenvalue weighted by atomic mass is 10.1. The number of fused-ring (bicyclic) bond motifs is 1. The highest BCUT2D eigenvalue weighted by atomic mass is 79.9. The second kappa shape index (κ2) is 4.82. The molecule has 18 heavy (non-hydrogen) atoms. The van der Waals surface area contributed by atoms with Crippen LogP contribution in [0.5, 0.6) is 0 Å². The standard InChI is InChI=1S/C13H14BrN3O/c1-8-9(4-7-18-8)17-10-2-3-11-13(12(10)14)16-6-5-15-11/h2-3,5-6,8-9,17H,4,7H2,1H3. The minimum Gasteiger partial charge on any atom is -0.379 e. The fourth-order valence-corrected chi connectivity index (χ4v) is 2.79. The predicted octanol–water partition coefficient (Wildman–Crippen LogP) is 2.98. The van der Waals surface area contributed by atoms with Crippen molar-refractivity contribution in [3.05, 3.63) is 29.0 Å². The lowest BCUT2D eigenvalue weighted by molar-refractivity contribution is 0.121. The van der Waals surface area contributed by atoms with Gasteiger partial charge in [0.2, 0.25) is 0 Å². The van der Waals surface area contributed by atoms with Crippen molar-refractivity contribution in [1.82, 2.24) is 9.97 Å². The van der Waals surface area contributed by atoms with Gasteiger partial charge in [-0.15, -0.1) is 0 Å². The van der Waals surface area contributed by atoms with Crippen molar-refractivity contribution in [3.8, 4) is 0 Å². The molecule has 2 atom stereocenters. The van der Waals surface area contributed by atoms with E-state index in [1.54, 1.807) is 12.4 Å². The molecule has 1 saturated heterocycles. The number of nitrogens with zero attached hydrogens (tertiary/aromatic N) is 2. The van der Waals surface area contributed by atoms with E-state index in [1.165, 1.54) is 0 Å². The summed E-state index contributed by atoms with van der Waals surface area (Å²) in [5.74, 6) is 0. The Labute approximate surface area is 114 Å². The molecule has 0 aliphatic carbocycles. The molecule has 1 aliphatic rings. The van der Waals surface area contributed by atoms with E-state index in [0.717, 1.165) is 34.2 Å². The van der Waals surface area contributed by atoms with Gasteiger partial charge in [0.25, 0.3) is 0 Å². The van der Waals surface area contributed by atoms with Crippen molar-refractivity contribution >= 4 is 32.7 Å². The van der Waals surface area contributed by atoms with Gasteiger partial charge >= 0.3 is 0 Å². The summed E-state index contributed by atoms with van der Waals surface area (Å²) in [6.07, 6.45) is 4.69. The number of rotatable bonds is 2. The highest BCUT2D eigenvalue weighted by Crippen LogP contribution is 2.31. The van der Waals surface area contributed by atoms with Crippen molar-refractivity contribution in [2.75, 3.05) is 11.9 Å². The van der Waals surface area contributed by atoms with Gasteiger partial charge in [-0.25, -0.2) is 0 Å². The zero-order chi connectivity index (χ0) is 12.5. The molecule has 4 nitrogen and oxygen atoms in total. The molecule has 94 valence electrons. The predicted molar refractivity (Wildman–Crippen MR) is 74.7 cm³/mol. The average molecular weight is 308 g/mol. The van der Waals surface area contributed by atoms with Gasteiger partial charge < -0.3 is 10.1 Å². The van der Waals surface area contributed by atoms with Crippen molar-refractivity contribution < 1.29 is 4.74 Å². The van der Waals surface area contributed by atoms with Gasteiger partial charge in [-0.2, -0.15) is 0 Å². The lowest BCUT2D eigenvalue weighted by Gasteiger charge is -2.18. The van der Waals surface area contributed by atoms with E-state index >= 15 is 0 Å². The third-order valence-corrected chi connectivity index (χ3v) is 4.10. The number of benzene rings is 1. The fourth-order valence-electron chi connectivity index (χ4n) is 2.24. The third kappa shape index (κ3) is 2.08. The Morgan fingerprint density at radius 3 is 2.94 bits per heavy atom. The van der Waals surface area contributed by atoms with Crippen molar-refractivity contribution in [2.24, 2.45) is 0 Å². The van der Waals surface area contributed by atoms with Crippen LogP contribution in [0.1, 0.15) is 13.3 Å². The molecule has 1 N–H and O–H groups in total. The Morgan fingerprint density at radius 2 is 2.17 bits per heavy atom. The number of halogens is 1. The number of aromatic nitrogens is 2. The summed E-state index contributed by atoms with van der Waals surface area (Å²) in [7, 11) is 0. The summed E-state index contributed by atoms with van der Waals surface area (Å²) >= 11 is 3.60. The first-order chi connectivity index (χ1) is 8.75.